The highest BCUT2D eigenvalue weighted by Gasteiger charge is 2.39. The second-order valence-electron chi connectivity index (χ2n) is 6.29. The molecule has 1 saturated heterocycles. The number of halogens is 2. The van der Waals surface area contributed by atoms with E-state index < -0.39 is 0 Å². The third-order valence-corrected chi connectivity index (χ3v) is 5.67. The molecule has 1 aliphatic heterocycles. The summed E-state index contributed by atoms with van der Waals surface area (Å²) in [5.74, 6) is -0.145. The highest BCUT2D eigenvalue weighted by molar-refractivity contribution is 14.1. The van der Waals surface area contributed by atoms with Crippen LogP contribution in [0.4, 0.5) is 10.1 Å². The van der Waals surface area contributed by atoms with E-state index in [9.17, 15) is 4.39 Å². The molecule has 1 atom stereocenters. The second-order valence-corrected chi connectivity index (χ2v) is 7.46. The van der Waals surface area contributed by atoms with Crippen molar-refractivity contribution in [2.45, 2.75) is 50.6 Å². The maximum Gasteiger partial charge on any atom is 0.124 e. The summed E-state index contributed by atoms with van der Waals surface area (Å²) in [7, 11) is 0. The summed E-state index contributed by atoms with van der Waals surface area (Å²) >= 11 is 2.26. The van der Waals surface area contributed by atoms with E-state index in [0.717, 1.165) is 16.7 Å². The Labute approximate surface area is 134 Å². The van der Waals surface area contributed by atoms with Crippen molar-refractivity contribution in [3.8, 4) is 0 Å². The average molecular weight is 388 g/mol. The number of rotatable bonds is 1. The Hall–Kier alpha value is -0.360. The molecule has 1 N–H and O–H groups in total. The summed E-state index contributed by atoms with van der Waals surface area (Å²) in [6, 6.07) is 5.62. The Bertz CT molecular complexity index is 485. The Balaban J connectivity index is 1.86. The fraction of sp³-hybridized carbons (Fsp3) is 0.625. The van der Waals surface area contributed by atoms with Crippen molar-refractivity contribution in [3.05, 3.63) is 27.6 Å². The van der Waals surface area contributed by atoms with Gasteiger partial charge >= 0.3 is 0 Å². The van der Waals surface area contributed by atoms with Gasteiger partial charge in [0.1, 0.15) is 5.82 Å². The second kappa shape index (κ2) is 5.79. The molecule has 4 heteroatoms. The van der Waals surface area contributed by atoms with Gasteiger partial charge in [-0.1, -0.05) is 19.3 Å². The van der Waals surface area contributed by atoms with Gasteiger partial charge in [-0.05, 0) is 60.6 Å². The predicted molar refractivity (Wildman–Crippen MR) is 89.7 cm³/mol. The van der Waals surface area contributed by atoms with Crippen LogP contribution in [0.5, 0.6) is 0 Å². The van der Waals surface area contributed by atoms with Gasteiger partial charge in [-0.2, -0.15) is 0 Å². The monoisotopic (exact) mass is 388 g/mol. The molecule has 110 valence electrons. The molecule has 3 rings (SSSR count). The molecular weight excluding hydrogens is 366 g/mol. The first kappa shape index (κ1) is 14.6. The van der Waals surface area contributed by atoms with Gasteiger partial charge in [0.05, 0.1) is 5.69 Å². The van der Waals surface area contributed by atoms with Crippen LogP contribution in [-0.2, 0) is 0 Å². The molecule has 1 unspecified atom stereocenters. The van der Waals surface area contributed by atoms with Crippen LogP contribution in [0.15, 0.2) is 18.2 Å². The molecule has 0 aromatic heterocycles. The van der Waals surface area contributed by atoms with Crippen LogP contribution in [0.25, 0.3) is 0 Å². The van der Waals surface area contributed by atoms with E-state index in [-0.39, 0.29) is 11.4 Å². The number of nitrogens with one attached hydrogen (secondary N) is 1. The van der Waals surface area contributed by atoms with Crippen molar-refractivity contribution in [1.82, 2.24) is 5.32 Å². The van der Waals surface area contributed by atoms with E-state index in [4.69, 9.17) is 0 Å². The summed E-state index contributed by atoms with van der Waals surface area (Å²) in [6.07, 6.45) is 6.57. The number of hydrogen-bond acceptors (Lipinski definition) is 2. The molecular formula is C16H22FIN2. The molecule has 2 fully saturated rings. The van der Waals surface area contributed by atoms with Gasteiger partial charge in [-0.25, -0.2) is 4.39 Å². The molecule has 0 radical (unpaired) electrons. The third kappa shape index (κ3) is 2.82. The van der Waals surface area contributed by atoms with Crippen LogP contribution < -0.4 is 10.2 Å². The van der Waals surface area contributed by atoms with Crippen molar-refractivity contribution >= 4 is 28.3 Å². The maximum atomic E-state index is 13.3. The average Bonchev–Trinajstić information content (AvgIpc) is 2.43. The van der Waals surface area contributed by atoms with Crippen LogP contribution in [0.2, 0.25) is 0 Å². The lowest BCUT2D eigenvalue weighted by Crippen LogP contribution is -2.64. The van der Waals surface area contributed by atoms with Gasteiger partial charge < -0.3 is 10.2 Å². The van der Waals surface area contributed by atoms with Crippen molar-refractivity contribution < 1.29 is 4.39 Å². The Morgan fingerprint density at radius 3 is 2.75 bits per heavy atom. The molecule has 2 nitrogen and oxygen atoms in total. The van der Waals surface area contributed by atoms with Crippen molar-refractivity contribution in [3.63, 3.8) is 0 Å². The van der Waals surface area contributed by atoms with E-state index >= 15 is 0 Å². The van der Waals surface area contributed by atoms with Gasteiger partial charge in [-0.3, -0.25) is 0 Å². The van der Waals surface area contributed by atoms with Gasteiger partial charge in [0.15, 0.2) is 0 Å². The Morgan fingerprint density at radius 2 is 2.05 bits per heavy atom. The minimum absolute atomic E-state index is 0.145. The van der Waals surface area contributed by atoms with Gasteiger partial charge in [0.25, 0.3) is 0 Å². The first-order chi connectivity index (χ1) is 9.60. The lowest BCUT2D eigenvalue weighted by Gasteiger charge is -2.50. The minimum Gasteiger partial charge on any atom is -0.365 e. The van der Waals surface area contributed by atoms with E-state index in [1.807, 2.05) is 6.07 Å². The van der Waals surface area contributed by atoms with Crippen molar-refractivity contribution in [1.29, 1.82) is 0 Å². The molecule has 1 aliphatic carbocycles. The normalized spacial score (nSPS) is 25.9. The molecule has 1 aromatic rings. The standard InChI is InChI=1S/C16H22FIN2/c1-12-10-19-16(7-3-2-4-8-16)11-20(12)15-6-5-13(17)9-14(15)18/h5-6,9,12,19H,2-4,7-8,10-11H2,1H3. The quantitative estimate of drug-likeness (QED) is 0.734. The molecule has 1 saturated carbocycles. The summed E-state index contributed by atoms with van der Waals surface area (Å²) < 4.78 is 14.3. The summed E-state index contributed by atoms with van der Waals surface area (Å²) in [5, 5.41) is 3.80. The first-order valence-electron chi connectivity index (χ1n) is 7.56. The number of nitrogens with zero attached hydrogens (tertiary/aromatic N) is 1. The van der Waals surface area contributed by atoms with Crippen molar-refractivity contribution in [2.24, 2.45) is 0 Å². The van der Waals surface area contributed by atoms with E-state index in [2.05, 4.69) is 39.7 Å². The number of hydrogen-bond donors (Lipinski definition) is 1. The predicted octanol–water partition coefficient (Wildman–Crippen LogP) is 3.93. The van der Waals surface area contributed by atoms with Crippen LogP contribution in [0.3, 0.4) is 0 Å². The Kier molecular flexibility index (Phi) is 4.22. The molecule has 1 spiro atoms. The number of anilines is 1. The van der Waals surface area contributed by atoms with Crippen LogP contribution in [-0.4, -0.2) is 24.7 Å². The van der Waals surface area contributed by atoms with Gasteiger partial charge in [-0.15, -0.1) is 0 Å². The smallest absolute Gasteiger partial charge is 0.124 e. The highest BCUT2D eigenvalue weighted by atomic mass is 127. The Morgan fingerprint density at radius 1 is 1.30 bits per heavy atom. The SMILES string of the molecule is CC1CNC2(CCCCC2)CN1c1ccc(F)cc1I. The van der Waals surface area contributed by atoms with Gasteiger partial charge in [0, 0.05) is 28.2 Å². The van der Waals surface area contributed by atoms with E-state index in [0.29, 0.717) is 6.04 Å². The number of benzene rings is 1. The zero-order chi connectivity index (χ0) is 14.2. The molecule has 0 bridgehead atoms. The number of piperazine rings is 1. The van der Waals surface area contributed by atoms with Gasteiger partial charge in [0.2, 0.25) is 0 Å². The minimum atomic E-state index is -0.145. The molecule has 1 heterocycles. The largest absolute Gasteiger partial charge is 0.365 e. The fourth-order valence-corrected chi connectivity index (χ4v) is 4.40. The molecule has 1 aromatic carbocycles. The van der Waals surface area contributed by atoms with E-state index in [1.54, 1.807) is 12.1 Å². The van der Waals surface area contributed by atoms with E-state index in [1.165, 1.54) is 37.8 Å². The van der Waals surface area contributed by atoms with Crippen LogP contribution in [0, 0.1) is 9.39 Å². The maximum absolute atomic E-state index is 13.3. The topological polar surface area (TPSA) is 15.3 Å². The first-order valence-corrected chi connectivity index (χ1v) is 8.64. The lowest BCUT2D eigenvalue weighted by molar-refractivity contribution is 0.200. The zero-order valence-electron chi connectivity index (χ0n) is 12.0. The summed E-state index contributed by atoms with van der Waals surface area (Å²) in [4.78, 5) is 2.48. The summed E-state index contributed by atoms with van der Waals surface area (Å²) in [5.41, 5.74) is 1.47. The lowest BCUT2D eigenvalue weighted by atomic mass is 9.79. The molecule has 0 amide bonds. The fourth-order valence-electron chi connectivity index (χ4n) is 3.61. The van der Waals surface area contributed by atoms with Crippen LogP contribution >= 0.6 is 22.6 Å². The highest BCUT2D eigenvalue weighted by Crippen LogP contribution is 2.35. The third-order valence-electron chi connectivity index (χ3n) is 4.81. The zero-order valence-corrected chi connectivity index (χ0v) is 14.1. The van der Waals surface area contributed by atoms with Crippen LogP contribution in [0.1, 0.15) is 39.0 Å². The van der Waals surface area contributed by atoms with Crippen molar-refractivity contribution in [2.75, 3.05) is 18.0 Å². The molecule has 20 heavy (non-hydrogen) atoms. The summed E-state index contributed by atoms with van der Waals surface area (Å²) in [6.45, 7) is 4.32. The molecule has 2 aliphatic rings.